The van der Waals surface area contributed by atoms with Crippen molar-refractivity contribution >= 4 is 16.8 Å². The molecule has 0 fully saturated rings. The van der Waals surface area contributed by atoms with E-state index in [4.69, 9.17) is 14.5 Å². The van der Waals surface area contributed by atoms with Gasteiger partial charge in [-0.15, -0.1) is 6.07 Å². The molecule has 1 atom stereocenters. The maximum atomic E-state index is 10.5. The first-order chi connectivity index (χ1) is 18.8. The van der Waals surface area contributed by atoms with Gasteiger partial charge < -0.3 is 14.6 Å². The van der Waals surface area contributed by atoms with Crippen LogP contribution in [0.1, 0.15) is 34.7 Å². The van der Waals surface area contributed by atoms with Gasteiger partial charge in [0, 0.05) is 38.3 Å². The average Bonchev–Trinajstić information content (AvgIpc) is 3.33. The molecule has 0 bridgehead atoms. The zero-order valence-electron chi connectivity index (χ0n) is 22.8. The standard InChI is InChI=1S/C34H29N2O3.Pt/c1-21-15-24-13-14-30(35-32(24)29(37)16-21)39-28-18-25(31-22(2)9-8-10-23(31)3)17-26(19-28)33-36-34(4,20-38-33)27-11-6-5-7-12-27;/h5-18,37H,20H2,1-4H3;/q-1;/t34-;/m1./s1. The summed E-state index contributed by atoms with van der Waals surface area (Å²) in [6, 6.07) is 31.2. The number of hydrogen-bond donors (Lipinski definition) is 1. The first-order valence-corrected chi connectivity index (χ1v) is 13.0. The van der Waals surface area contributed by atoms with Crippen molar-refractivity contribution in [2.75, 3.05) is 6.61 Å². The largest absolute Gasteiger partial charge is 0.517 e. The Labute approximate surface area is 248 Å². The Morgan fingerprint density at radius 1 is 0.900 bits per heavy atom. The summed E-state index contributed by atoms with van der Waals surface area (Å²) in [6.45, 7) is 8.66. The van der Waals surface area contributed by atoms with Gasteiger partial charge in [-0.1, -0.05) is 71.8 Å². The molecule has 0 aliphatic carbocycles. The van der Waals surface area contributed by atoms with Crippen LogP contribution in [0.5, 0.6) is 17.4 Å². The third kappa shape index (κ3) is 5.26. The fourth-order valence-corrected chi connectivity index (χ4v) is 5.22. The number of phenols is 1. The second kappa shape index (κ2) is 10.9. The van der Waals surface area contributed by atoms with Gasteiger partial charge in [0.2, 0.25) is 5.88 Å². The minimum Gasteiger partial charge on any atom is -0.517 e. The summed E-state index contributed by atoms with van der Waals surface area (Å²) >= 11 is 0. The zero-order valence-corrected chi connectivity index (χ0v) is 25.0. The molecule has 204 valence electrons. The number of aromatic hydroxyl groups is 1. The van der Waals surface area contributed by atoms with Crippen molar-refractivity contribution in [2.24, 2.45) is 4.99 Å². The molecule has 5 nitrogen and oxygen atoms in total. The Hall–Kier alpha value is -3.95. The number of fused-ring (bicyclic) bond motifs is 1. The van der Waals surface area contributed by atoms with Crippen molar-refractivity contribution in [3.63, 3.8) is 0 Å². The van der Waals surface area contributed by atoms with E-state index in [1.807, 2.05) is 43.3 Å². The summed E-state index contributed by atoms with van der Waals surface area (Å²) in [7, 11) is 0. The first-order valence-electron chi connectivity index (χ1n) is 13.0. The second-order valence-electron chi connectivity index (χ2n) is 10.4. The van der Waals surface area contributed by atoms with Crippen molar-refractivity contribution in [3.05, 3.63) is 119 Å². The van der Waals surface area contributed by atoms with E-state index in [1.165, 1.54) is 0 Å². The molecule has 0 amide bonds. The summed E-state index contributed by atoms with van der Waals surface area (Å²) in [5.74, 6) is 1.51. The minimum atomic E-state index is -0.490. The van der Waals surface area contributed by atoms with Crippen LogP contribution in [0.25, 0.3) is 22.0 Å². The number of ether oxygens (including phenoxy) is 2. The van der Waals surface area contributed by atoms with Crippen molar-refractivity contribution < 1.29 is 35.6 Å². The molecule has 0 radical (unpaired) electrons. The molecule has 1 aromatic heterocycles. The van der Waals surface area contributed by atoms with E-state index in [2.05, 4.69) is 68.2 Å². The second-order valence-corrected chi connectivity index (χ2v) is 10.4. The van der Waals surface area contributed by atoms with Gasteiger partial charge in [0.1, 0.15) is 29.3 Å². The van der Waals surface area contributed by atoms with Gasteiger partial charge in [0.15, 0.2) is 0 Å². The fraction of sp³-hybridized carbons (Fsp3) is 0.176. The number of aromatic nitrogens is 1. The Morgan fingerprint density at radius 3 is 2.40 bits per heavy atom. The van der Waals surface area contributed by atoms with Gasteiger partial charge >= 0.3 is 0 Å². The van der Waals surface area contributed by atoms with Crippen molar-refractivity contribution in [3.8, 4) is 28.5 Å². The summed E-state index contributed by atoms with van der Waals surface area (Å²) in [6.07, 6.45) is 0. The maximum absolute atomic E-state index is 10.5. The molecule has 6 rings (SSSR count). The minimum absolute atomic E-state index is 0. The molecule has 0 saturated carbocycles. The van der Waals surface area contributed by atoms with E-state index in [0.717, 1.165) is 38.8 Å². The molecule has 0 spiro atoms. The molecule has 40 heavy (non-hydrogen) atoms. The van der Waals surface area contributed by atoms with Gasteiger partial charge in [-0.3, -0.25) is 4.99 Å². The van der Waals surface area contributed by atoms with Crippen molar-refractivity contribution in [2.45, 2.75) is 33.2 Å². The normalized spacial score (nSPS) is 16.2. The molecule has 1 aliphatic heterocycles. The van der Waals surface area contributed by atoms with Crippen molar-refractivity contribution in [1.82, 2.24) is 4.98 Å². The van der Waals surface area contributed by atoms with E-state index in [1.54, 1.807) is 12.1 Å². The third-order valence-electron chi connectivity index (χ3n) is 7.18. The number of aryl methyl sites for hydroxylation is 3. The Balaban J connectivity index is 0.00000323. The molecule has 4 aromatic carbocycles. The summed E-state index contributed by atoms with van der Waals surface area (Å²) in [5.41, 5.74) is 7.20. The van der Waals surface area contributed by atoms with E-state index in [9.17, 15) is 5.11 Å². The SMILES string of the molecule is Cc1cc(O)c2nc(Oc3[c-]c(C4=N[C@@](C)(c5ccccc5)CO4)cc(-c4c(C)cccc4C)c3)ccc2c1.[Pt]. The number of aliphatic imine (C=N–C) groups is 1. The maximum Gasteiger partial charge on any atom is 0.217 e. The van der Waals surface area contributed by atoms with Gasteiger partial charge in [0.25, 0.3) is 0 Å². The van der Waals surface area contributed by atoms with Crippen LogP contribution in [0.3, 0.4) is 0 Å². The van der Waals surface area contributed by atoms with Crippen LogP contribution >= 0.6 is 0 Å². The van der Waals surface area contributed by atoms with E-state index in [0.29, 0.717) is 35.2 Å². The van der Waals surface area contributed by atoms with Gasteiger partial charge in [-0.05, 0) is 73.7 Å². The molecule has 2 heterocycles. The molecule has 0 unspecified atom stereocenters. The smallest absolute Gasteiger partial charge is 0.217 e. The molecular formula is C34H29N2O3Pt-. The average molecular weight is 709 g/mol. The third-order valence-corrected chi connectivity index (χ3v) is 7.18. The number of hydrogen-bond acceptors (Lipinski definition) is 5. The van der Waals surface area contributed by atoms with Gasteiger partial charge in [-0.25, -0.2) is 4.98 Å². The molecule has 1 aliphatic rings. The van der Waals surface area contributed by atoms with Crippen LogP contribution in [-0.2, 0) is 31.3 Å². The first kappa shape index (κ1) is 27.6. The van der Waals surface area contributed by atoms with Crippen LogP contribution < -0.4 is 4.74 Å². The number of phenolic OH excluding ortho intramolecular Hbond substituents is 1. The molecule has 0 saturated heterocycles. The molecular weight excluding hydrogens is 679 g/mol. The van der Waals surface area contributed by atoms with Crippen LogP contribution in [-0.4, -0.2) is 22.6 Å². The Morgan fingerprint density at radius 2 is 1.65 bits per heavy atom. The summed E-state index contributed by atoms with van der Waals surface area (Å²) in [4.78, 5) is 9.59. The Kier molecular flexibility index (Phi) is 7.52. The predicted molar refractivity (Wildman–Crippen MR) is 155 cm³/mol. The quantitative estimate of drug-likeness (QED) is 0.189. The van der Waals surface area contributed by atoms with Gasteiger partial charge in [0.05, 0.1) is 0 Å². The monoisotopic (exact) mass is 708 g/mol. The number of nitrogens with zero attached hydrogens (tertiary/aromatic N) is 2. The van der Waals surface area contributed by atoms with E-state index >= 15 is 0 Å². The Bertz CT molecular complexity index is 1730. The number of benzene rings is 4. The van der Waals surface area contributed by atoms with Crippen molar-refractivity contribution in [1.29, 1.82) is 0 Å². The number of rotatable bonds is 5. The fourth-order valence-electron chi connectivity index (χ4n) is 5.22. The predicted octanol–water partition coefficient (Wildman–Crippen LogP) is 7.81. The van der Waals surface area contributed by atoms with Crippen LogP contribution in [0, 0.1) is 26.8 Å². The summed E-state index contributed by atoms with van der Waals surface area (Å²) in [5, 5.41) is 11.3. The molecule has 5 aromatic rings. The number of pyridine rings is 1. The van der Waals surface area contributed by atoms with Crippen LogP contribution in [0.15, 0.2) is 89.9 Å². The topological polar surface area (TPSA) is 63.9 Å². The summed E-state index contributed by atoms with van der Waals surface area (Å²) < 4.78 is 12.4. The van der Waals surface area contributed by atoms with Gasteiger partial charge in [-0.2, -0.15) is 0 Å². The molecule has 6 heteroatoms. The van der Waals surface area contributed by atoms with E-state index < -0.39 is 5.54 Å². The van der Waals surface area contributed by atoms with Crippen LogP contribution in [0.2, 0.25) is 0 Å². The zero-order chi connectivity index (χ0) is 27.1. The van der Waals surface area contributed by atoms with E-state index in [-0.39, 0.29) is 26.8 Å². The van der Waals surface area contributed by atoms with Crippen LogP contribution in [0.4, 0.5) is 0 Å². The molecule has 1 N–H and O–H groups in total.